The van der Waals surface area contributed by atoms with Crippen LogP contribution in [0, 0.1) is 0 Å². The average Bonchev–Trinajstić information content (AvgIpc) is 2.76. The molecular formula is C15H28N2O3. The van der Waals surface area contributed by atoms with Gasteiger partial charge in [0.2, 0.25) is 5.91 Å². The fraction of sp³-hybridized carbons (Fsp3) is 0.867. The van der Waals surface area contributed by atoms with Crippen molar-refractivity contribution in [2.45, 2.75) is 65.6 Å². The minimum atomic E-state index is -0.250. The molecule has 1 atom stereocenters. The van der Waals surface area contributed by atoms with Crippen molar-refractivity contribution in [3.05, 3.63) is 0 Å². The Morgan fingerprint density at radius 1 is 1.25 bits per heavy atom. The van der Waals surface area contributed by atoms with Gasteiger partial charge in [-0.25, -0.2) is 0 Å². The average molecular weight is 284 g/mol. The van der Waals surface area contributed by atoms with E-state index in [2.05, 4.69) is 0 Å². The maximum atomic E-state index is 12.4. The molecule has 5 nitrogen and oxygen atoms in total. The summed E-state index contributed by atoms with van der Waals surface area (Å²) in [6.45, 7) is 11.4. The predicted molar refractivity (Wildman–Crippen MR) is 78.3 cm³/mol. The third-order valence-electron chi connectivity index (χ3n) is 3.66. The fourth-order valence-electron chi connectivity index (χ4n) is 2.95. The van der Waals surface area contributed by atoms with E-state index in [0.29, 0.717) is 13.2 Å². The summed E-state index contributed by atoms with van der Waals surface area (Å²) in [6, 6.07) is 0.0948. The molecule has 20 heavy (non-hydrogen) atoms. The second-order valence-electron chi connectivity index (χ2n) is 5.87. The number of carbonyl (C=O) groups is 2. The van der Waals surface area contributed by atoms with Gasteiger partial charge in [-0.05, 0) is 54.0 Å². The first kappa shape index (κ1) is 17.0. The summed E-state index contributed by atoms with van der Waals surface area (Å²) in [5.74, 6) is -0.107. The van der Waals surface area contributed by atoms with Gasteiger partial charge in [-0.15, -0.1) is 0 Å². The van der Waals surface area contributed by atoms with Crippen LogP contribution in [0.3, 0.4) is 0 Å². The highest BCUT2D eigenvalue weighted by atomic mass is 16.5. The summed E-state index contributed by atoms with van der Waals surface area (Å²) in [4.78, 5) is 28.2. The lowest BCUT2D eigenvalue weighted by atomic mass is 10.2. The SMILES string of the molecule is CCOC(=O)C1CCCN1CC(=O)N(C(C)C)C(C)C. The van der Waals surface area contributed by atoms with Gasteiger partial charge in [-0.2, -0.15) is 0 Å². The number of rotatable bonds is 6. The highest BCUT2D eigenvalue weighted by Gasteiger charge is 2.34. The van der Waals surface area contributed by atoms with Crippen molar-refractivity contribution < 1.29 is 14.3 Å². The van der Waals surface area contributed by atoms with Crippen LogP contribution in [0.4, 0.5) is 0 Å². The van der Waals surface area contributed by atoms with Crippen LogP contribution in [-0.4, -0.2) is 59.5 Å². The fourth-order valence-corrected chi connectivity index (χ4v) is 2.95. The van der Waals surface area contributed by atoms with E-state index in [1.165, 1.54) is 0 Å². The summed E-state index contributed by atoms with van der Waals surface area (Å²) >= 11 is 0. The zero-order valence-corrected chi connectivity index (χ0v) is 13.4. The van der Waals surface area contributed by atoms with Gasteiger partial charge in [0, 0.05) is 12.1 Å². The first-order valence-electron chi connectivity index (χ1n) is 7.60. The van der Waals surface area contributed by atoms with Crippen LogP contribution in [0.2, 0.25) is 0 Å². The van der Waals surface area contributed by atoms with E-state index in [-0.39, 0.29) is 30.0 Å². The molecule has 0 radical (unpaired) electrons. The summed E-state index contributed by atoms with van der Waals surface area (Å²) in [6.07, 6.45) is 1.73. The van der Waals surface area contributed by atoms with E-state index in [0.717, 1.165) is 19.4 Å². The molecule has 0 bridgehead atoms. The summed E-state index contributed by atoms with van der Waals surface area (Å²) in [5.41, 5.74) is 0. The van der Waals surface area contributed by atoms with E-state index in [4.69, 9.17) is 4.74 Å². The van der Waals surface area contributed by atoms with Crippen LogP contribution < -0.4 is 0 Å². The molecule has 0 aromatic heterocycles. The molecule has 1 fully saturated rings. The Labute approximate surface area is 122 Å². The summed E-state index contributed by atoms with van der Waals surface area (Å²) < 4.78 is 5.09. The number of hydrogen-bond acceptors (Lipinski definition) is 4. The molecule has 0 N–H and O–H groups in total. The lowest BCUT2D eigenvalue weighted by Gasteiger charge is -2.33. The Kier molecular flexibility index (Phi) is 6.46. The van der Waals surface area contributed by atoms with E-state index >= 15 is 0 Å². The predicted octanol–water partition coefficient (Wildman–Crippen LogP) is 1.66. The van der Waals surface area contributed by atoms with Crippen molar-refractivity contribution in [3.8, 4) is 0 Å². The molecule has 0 aromatic rings. The Morgan fingerprint density at radius 3 is 2.35 bits per heavy atom. The highest BCUT2D eigenvalue weighted by molar-refractivity contribution is 5.81. The molecule has 1 amide bonds. The van der Waals surface area contributed by atoms with E-state index in [1.54, 1.807) is 0 Å². The lowest BCUT2D eigenvalue weighted by Crippen LogP contribution is -2.49. The van der Waals surface area contributed by atoms with Crippen molar-refractivity contribution in [1.29, 1.82) is 0 Å². The largest absolute Gasteiger partial charge is 0.465 e. The Hall–Kier alpha value is -1.10. The van der Waals surface area contributed by atoms with E-state index in [1.807, 2.05) is 44.4 Å². The number of esters is 1. The molecule has 1 rings (SSSR count). The topological polar surface area (TPSA) is 49.9 Å². The van der Waals surface area contributed by atoms with Gasteiger partial charge in [-0.1, -0.05) is 0 Å². The highest BCUT2D eigenvalue weighted by Crippen LogP contribution is 2.19. The van der Waals surface area contributed by atoms with Crippen molar-refractivity contribution in [1.82, 2.24) is 9.80 Å². The first-order valence-corrected chi connectivity index (χ1v) is 7.60. The molecule has 0 spiro atoms. The minimum absolute atomic E-state index is 0.0891. The van der Waals surface area contributed by atoms with Crippen molar-refractivity contribution >= 4 is 11.9 Å². The van der Waals surface area contributed by atoms with Gasteiger partial charge >= 0.3 is 5.97 Å². The third kappa shape index (κ3) is 4.20. The Morgan fingerprint density at radius 2 is 1.85 bits per heavy atom. The van der Waals surface area contributed by atoms with E-state index < -0.39 is 0 Å². The van der Waals surface area contributed by atoms with Gasteiger partial charge in [0.05, 0.1) is 13.2 Å². The monoisotopic (exact) mass is 284 g/mol. The molecule has 1 heterocycles. The van der Waals surface area contributed by atoms with E-state index in [9.17, 15) is 9.59 Å². The second-order valence-corrected chi connectivity index (χ2v) is 5.87. The maximum absolute atomic E-state index is 12.4. The van der Waals surface area contributed by atoms with Gasteiger partial charge < -0.3 is 9.64 Å². The summed E-state index contributed by atoms with van der Waals surface area (Å²) in [5, 5.41) is 0. The number of likely N-dealkylation sites (tertiary alicyclic amines) is 1. The van der Waals surface area contributed by atoms with Crippen LogP contribution in [0.5, 0.6) is 0 Å². The molecule has 5 heteroatoms. The van der Waals surface area contributed by atoms with Gasteiger partial charge in [-0.3, -0.25) is 14.5 Å². The third-order valence-corrected chi connectivity index (χ3v) is 3.66. The minimum Gasteiger partial charge on any atom is -0.465 e. The number of ether oxygens (including phenoxy) is 1. The number of amides is 1. The van der Waals surface area contributed by atoms with Crippen LogP contribution in [0.25, 0.3) is 0 Å². The van der Waals surface area contributed by atoms with Crippen molar-refractivity contribution in [3.63, 3.8) is 0 Å². The molecule has 0 saturated carbocycles. The van der Waals surface area contributed by atoms with Crippen LogP contribution in [-0.2, 0) is 14.3 Å². The maximum Gasteiger partial charge on any atom is 0.323 e. The van der Waals surface area contributed by atoms with Gasteiger partial charge in [0.15, 0.2) is 0 Å². The molecule has 1 unspecified atom stereocenters. The molecule has 116 valence electrons. The number of hydrogen-bond donors (Lipinski definition) is 0. The quantitative estimate of drug-likeness (QED) is 0.696. The molecule has 1 saturated heterocycles. The van der Waals surface area contributed by atoms with Crippen LogP contribution in [0.15, 0.2) is 0 Å². The standard InChI is InChI=1S/C15H28N2O3/c1-6-20-15(19)13-8-7-9-16(13)10-14(18)17(11(2)3)12(4)5/h11-13H,6-10H2,1-5H3. The molecule has 1 aliphatic rings. The lowest BCUT2D eigenvalue weighted by molar-refractivity contribution is -0.149. The molecular weight excluding hydrogens is 256 g/mol. The first-order chi connectivity index (χ1) is 9.38. The number of carbonyl (C=O) groups excluding carboxylic acids is 2. The smallest absolute Gasteiger partial charge is 0.323 e. The summed E-state index contributed by atoms with van der Waals surface area (Å²) in [7, 11) is 0. The van der Waals surface area contributed by atoms with Gasteiger partial charge in [0.1, 0.15) is 6.04 Å². The van der Waals surface area contributed by atoms with Crippen LogP contribution >= 0.6 is 0 Å². The molecule has 0 aromatic carbocycles. The Bertz CT molecular complexity index is 334. The number of nitrogens with zero attached hydrogens (tertiary/aromatic N) is 2. The van der Waals surface area contributed by atoms with Gasteiger partial charge in [0.25, 0.3) is 0 Å². The zero-order chi connectivity index (χ0) is 15.3. The van der Waals surface area contributed by atoms with Crippen molar-refractivity contribution in [2.24, 2.45) is 0 Å². The van der Waals surface area contributed by atoms with Crippen LogP contribution in [0.1, 0.15) is 47.5 Å². The second kappa shape index (κ2) is 7.62. The Balaban J connectivity index is 2.66. The molecule has 1 aliphatic heterocycles. The normalized spacial score (nSPS) is 19.6. The van der Waals surface area contributed by atoms with Crippen molar-refractivity contribution in [2.75, 3.05) is 19.7 Å². The zero-order valence-electron chi connectivity index (χ0n) is 13.4. The molecule has 0 aliphatic carbocycles.